The van der Waals surface area contributed by atoms with Crippen molar-refractivity contribution < 1.29 is 9.53 Å². The molecule has 140 valence electrons. The lowest BCUT2D eigenvalue weighted by Gasteiger charge is -2.11. The van der Waals surface area contributed by atoms with Gasteiger partial charge in [-0.15, -0.1) is 0 Å². The normalized spacial score (nSPS) is 10.8. The standard InChI is InChI=1S/C22H20N4O2/c1-26-17-9-5-3-7-14(17)13-18(26)15-11-12-20(24-21(15)23)25-22(27)16-8-4-6-10-19(16)28-2/h3-13H,1-2H3,(H3,23,24,25,27). The SMILES string of the molecule is COc1ccccc1C(=O)Nc1ccc(-c2cc3ccccc3n2C)c(N)n1. The second kappa shape index (κ2) is 7.08. The maximum Gasteiger partial charge on any atom is 0.260 e. The Hall–Kier alpha value is -3.80. The average Bonchev–Trinajstić information content (AvgIpc) is 3.04. The number of aryl methyl sites for hydroxylation is 1. The van der Waals surface area contributed by atoms with Crippen molar-refractivity contribution in [1.82, 2.24) is 9.55 Å². The van der Waals surface area contributed by atoms with Gasteiger partial charge in [-0.2, -0.15) is 0 Å². The largest absolute Gasteiger partial charge is 0.496 e. The molecular weight excluding hydrogens is 352 g/mol. The summed E-state index contributed by atoms with van der Waals surface area (Å²) in [5.41, 5.74) is 9.54. The number of carbonyl (C=O) groups excluding carboxylic acids is 1. The minimum atomic E-state index is -0.304. The van der Waals surface area contributed by atoms with Crippen molar-refractivity contribution in [2.75, 3.05) is 18.2 Å². The van der Waals surface area contributed by atoms with Crippen LogP contribution in [0.15, 0.2) is 66.7 Å². The maximum atomic E-state index is 12.6. The lowest BCUT2D eigenvalue weighted by molar-refractivity contribution is 0.102. The van der Waals surface area contributed by atoms with Gasteiger partial charge in [-0.25, -0.2) is 4.98 Å². The molecule has 28 heavy (non-hydrogen) atoms. The fraction of sp³-hybridized carbons (Fsp3) is 0.0909. The number of nitrogens with two attached hydrogens (primary N) is 1. The number of hydrogen-bond donors (Lipinski definition) is 2. The van der Waals surface area contributed by atoms with Crippen LogP contribution in [-0.4, -0.2) is 22.6 Å². The highest BCUT2D eigenvalue weighted by molar-refractivity contribution is 6.06. The Balaban J connectivity index is 1.64. The van der Waals surface area contributed by atoms with Gasteiger partial charge in [0.2, 0.25) is 0 Å². The maximum absolute atomic E-state index is 12.6. The summed E-state index contributed by atoms with van der Waals surface area (Å²) in [4.78, 5) is 16.9. The number of pyridine rings is 1. The Labute approximate surface area is 162 Å². The van der Waals surface area contributed by atoms with E-state index in [2.05, 4.69) is 33.1 Å². The van der Waals surface area contributed by atoms with Gasteiger partial charge in [0.1, 0.15) is 17.4 Å². The molecule has 1 amide bonds. The summed E-state index contributed by atoms with van der Waals surface area (Å²) in [6, 6.07) is 20.8. The van der Waals surface area contributed by atoms with Crippen LogP contribution in [0.5, 0.6) is 5.75 Å². The van der Waals surface area contributed by atoms with Gasteiger partial charge in [-0.3, -0.25) is 4.79 Å². The van der Waals surface area contributed by atoms with Crippen LogP contribution < -0.4 is 15.8 Å². The molecule has 0 fully saturated rings. The highest BCUT2D eigenvalue weighted by Crippen LogP contribution is 2.31. The van der Waals surface area contributed by atoms with Gasteiger partial charge in [0.15, 0.2) is 0 Å². The smallest absolute Gasteiger partial charge is 0.260 e. The number of ether oxygens (including phenoxy) is 1. The molecule has 0 atom stereocenters. The first-order valence-electron chi connectivity index (χ1n) is 8.84. The molecule has 0 spiro atoms. The molecular formula is C22H20N4O2. The van der Waals surface area contributed by atoms with Gasteiger partial charge in [-0.05, 0) is 36.4 Å². The Bertz CT molecular complexity index is 1180. The van der Waals surface area contributed by atoms with Crippen LogP contribution in [0.25, 0.3) is 22.2 Å². The number of rotatable bonds is 4. The zero-order chi connectivity index (χ0) is 19.7. The molecule has 0 saturated heterocycles. The van der Waals surface area contributed by atoms with Crippen LogP contribution in [-0.2, 0) is 7.05 Å². The highest BCUT2D eigenvalue weighted by Gasteiger charge is 2.15. The van der Waals surface area contributed by atoms with E-state index in [-0.39, 0.29) is 5.91 Å². The Morgan fingerprint density at radius 2 is 1.82 bits per heavy atom. The van der Waals surface area contributed by atoms with Crippen molar-refractivity contribution in [2.24, 2.45) is 7.05 Å². The highest BCUT2D eigenvalue weighted by atomic mass is 16.5. The van der Waals surface area contributed by atoms with Crippen LogP contribution in [0.3, 0.4) is 0 Å². The number of fused-ring (bicyclic) bond motifs is 1. The molecule has 6 heteroatoms. The predicted molar refractivity (Wildman–Crippen MR) is 112 cm³/mol. The van der Waals surface area contributed by atoms with Crippen molar-refractivity contribution in [1.29, 1.82) is 0 Å². The number of anilines is 2. The molecule has 2 aromatic carbocycles. The molecule has 6 nitrogen and oxygen atoms in total. The zero-order valence-electron chi connectivity index (χ0n) is 15.6. The molecule has 4 rings (SSSR count). The fourth-order valence-electron chi connectivity index (χ4n) is 3.32. The number of aromatic nitrogens is 2. The molecule has 0 aliphatic carbocycles. The third-order valence-electron chi connectivity index (χ3n) is 4.75. The first kappa shape index (κ1) is 17.6. The molecule has 2 heterocycles. The summed E-state index contributed by atoms with van der Waals surface area (Å²) in [6.07, 6.45) is 0. The Morgan fingerprint density at radius 1 is 1.07 bits per heavy atom. The number of carbonyl (C=O) groups is 1. The van der Waals surface area contributed by atoms with E-state index in [1.54, 1.807) is 24.3 Å². The number of nitrogen functional groups attached to an aromatic ring is 1. The number of methoxy groups -OCH3 is 1. The lowest BCUT2D eigenvalue weighted by Crippen LogP contribution is -2.14. The predicted octanol–water partition coefficient (Wildman–Crippen LogP) is 4.08. The van der Waals surface area contributed by atoms with Crippen LogP contribution in [0.4, 0.5) is 11.6 Å². The van der Waals surface area contributed by atoms with E-state index in [1.807, 2.05) is 31.3 Å². The molecule has 4 aromatic rings. The Kier molecular flexibility index (Phi) is 4.45. The van der Waals surface area contributed by atoms with Gasteiger partial charge in [-0.1, -0.05) is 30.3 Å². The molecule has 0 bridgehead atoms. The second-order valence-electron chi connectivity index (χ2n) is 6.43. The van der Waals surface area contributed by atoms with Crippen molar-refractivity contribution in [3.63, 3.8) is 0 Å². The molecule has 0 radical (unpaired) electrons. The minimum absolute atomic E-state index is 0.304. The number of nitrogens with zero attached hydrogens (tertiary/aromatic N) is 2. The fourth-order valence-corrected chi connectivity index (χ4v) is 3.32. The van der Waals surface area contributed by atoms with Gasteiger partial charge in [0.25, 0.3) is 5.91 Å². The van der Waals surface area contributed by atoms with E-state index < -0.39 is 0 Å². The quantitative estimate of drug-likeness (QED) is 0.565. The van der Waals surface area contributed by atoms with Crippen molar-refractivity contribution in [3.8, 4) is 17.0 Å². The van der Waals surface area contributed by atoms with Crippen molar-refractivity contribution in [2.45, 2.75) is 0 Å². The first-order chi connectivity index (χ1) is 13.6. The Morgan fingerprint density at radius 3 is 2.57 bits per heavy atom. The van der Waals surface area contributed by atoms with Crippen LogP contribution >= 0.6 is 0 Å². The van der Waals surface area contributed by atoms with E-state index in [0.29, 0.717) is 22.9 Å². The van der Waals surface area contributed by atoms with Gasteiger partial charge in [0.05, 0.1) is 18.4 Å². The van der Waals surface area contributed by atoms with Gasteiger partial charge < -0.3 is 20.4 Å². The summed E-state index contributed by atoms with van der Waals surface area (Å²) in [6.45, 7) is 0. The van der Waals surface area contributed by atoms with Crippen LogP contribution in [0.1, 0.15) is 10.4 Å². The molecule has 0 unspecified atom stereocenters. The van der Waals surface area contributed by atoms with Crippen molar-refractivity contribution >= 4 is 28.4 Å². The molecule has 0 aliphatic rings. The minimum Gasteiger partial charge on any atom is -0.496 e. The summed E-state index contributed by atoms with van der Waals surface area (Å²) in [5.74, 6) is 0.932. The van der Waals surface area contributed by atoms with E-state index in [0.717, 1.165) is 22.2 Å². The molecule has 0 saturated carbocycles. The molecule has 3 N–H and O–H groups in total. The van der Waals surface area contributed by atoms with Gasteiger partial charge >= 0.3 is 0 Å². The summed E-state index contributed by atoms with van der Waals surface area (Å²) >= 11 is 0. The molecule has 2 aromatic heterocycles. The third-order valence-corrected chi connectivity index (χ3v) is 4.75. The average molecular weight is 372 g/mol. The van der Waals surface area contributed by atoms with E-state index in [4.69, 9.17) is 10.5 Å². The number of para-hydroxylation sites is 2. The number of benzene rings is 2. The topological polar surface area (TPSA) is 82.2 Å². The van der Waals surface area contributed by atoms with Crippen LogP contribution in [0.2, 0.25) is 0 Å². The summed E-state index contributed by atoms with van der Waals surface area (Å²) in [5, 5.41) is 3.91. The summed E-state index contributed by atoms with van der Waals surface area (Å²) < 4.78 is 7.32. The zero-order valence-corrected chi connectivity index (χ0v) is 15.6. The van der Waals surface area contributed by atoms with Crippen molar-refractivity contribution in [3.05, 3.63) is 72.3 Å². The van der Waals surface area contributed by atoms with Gasteiger partial charge in [0, 0.05) is 23.5 Å². The number of amides is 1. The third kappa shape index (κ3) is 3.05. The van der Waals surface area contributed by atoms with E-state index in [1.165, 1.54) is 7.11 Å². The summed E-state index contributed by atoms with van der Waals surface area (Å²) in [7, 11) is 3.52. The number of nitrogens with one attached hydrogen (secondary N) is 1. The van der Waals surface area contributed by atoms with Crippen LogP contribution in [0, 0.1) is 0 Å². The first-order valence-corrected chi connectivity index (χ1v) is 8.84. The number of hydrogen-bond acceptors (Lipinski definition) is 4. The monoisotopic (exact) mass is 372 g/mol. The van der Waals surface area contributed by atoms with E-state index >= 15 is 0 Å². The molecule has 0 aliphatic heterocycles. The lowest BCUT2D eigenvalue weighted by atomic mass is 10.1. The second-order valence-corrected chi connectivity index (χ2v) is 6.43. The van der Waals surface area contributed by atoms with E-state index in [9.17, 15) is 4.79 Å².